The number of hydrogen-bond donors (Lipinski definition) is 1. The molecule has 0 radical (unpaired) electrons. The molecule has 0 spiro atoms. The van der Waals surface area contributed by atoms with Gasteiger partial charge in [-0.1, -0.05) is 0 Å². The van der Waals surface area contributed by atoms with Gasteiger partial charge in [0.2, 0.25) is 0 Å². The number of β-amino-alcohol motifs (C(OH)–C–C–N with tert-alkyl or cyclic N) is 1. The third-order valence-electron chi connectivity index (χ3n) is 5.73. The molecule has 2 heterocycles. The van der Waals surface area contributed by atoms with Gasteiger partial charge in [0, 0.05) is 12.0 Å². The van der Waals surface area contributed by atoms with Gasteiger partial charge in [0.1, 0.15) is 17.2 Å². The van der Waals surface area contributed by atoms with Gasteiger partial charge < -0.3 is 14.6 Å². The minimum absolute atomic E-state index is 0.0822. The summed E-state index contributed by atoms with van der Waals surface area (Å²) in [6.07, 6.45) is 4.04. The molecule has 2 aliphatic rings. The Morgan fingerprint density at radius 1 is 1.03 bits per heavy atom. The molecule has 0 saturated carbocycles. The number of alkyl halides is 2. The molecule has 30 heavy (non-hydrogen) atoms. The maximum atomic E-state index is 12.5. The fourth-order valence-corrected chi connectivity index (χ4v) is 4.35. The molecule has 5 nitrogen and oxygen atoms in total. The van der Waals surface area contributed by atoms with E-state index in [-0.39, 0.29) is 5.75 Å². The van der Waals surface area contributed by atoms with Crippen molar-refractivity contribution in [1.29, 1.82) is 0 Å². The van der Waals surface area contributed by atoms with Crippen LogP contribution in [0.25, 0.3) is 0 Å². The first-order chi connectivity index (χ1) is 14.5. The minimum atomic E-state index is -2.87. The van der Waals surface area contributed by atoms with Crippen LogP contribution in [0.15, 0.2) is 48.5 Å². The molecule has 0 aromatic heterocycles. The molecule has 2 aromatic rings. The van der Waals surface area contributed by atoms with Gasteiger partial charge in [0.15, 0.2) is 6.54 Å². The largest absolute Gasteiger partial charge is 0.494 e. The third kappa shape index (κ3) is 3.99. The Labute approximate surface area is 175 Å². The fourth-order valence-electron chi connectivity index (χ4n) is 4.35. The van der Waals surface area contributed by atoms with Crippen molar-refractivity contribution in [3.8, 4) is 11.5 Å². The molecule has 0 bridgehead atoms. The molecule has 7 heteroatoms. The van der Waals surface area contributed by atoms with Gasteiger partial charge in [-0.3, -0.25) is 0 Å². The van der Waals surface area contributed by atoms with E-state index in [4.69, 9.17) is 4.74 Å². The van der Waals surface area contributed by atoms with Gasteiger partial charge in [0.05, 0.1) is 13.2 Å². The molecule has 0 saturated heterocycles. The van der Waals surface area contributed by atoms with E-state index in [1.807, 2.05) is 31.2 Å². The molecule has 160 valence electrons. The van der Waals surface area contributed by atoms with Crippen LogP contribution in [0.5, 0.6) is 11.5 Å². The highest BCUT2D eigenvalue weighted by Gasteiger charge is 2.51. The second-order valence-corrected chi connectivity index (χ2v) is 7.61. The van der Waals surface area contributed by atoms with E-state index in [0.717, 1.165) is 49.5 Å². The minimum Gasteiger partial charge on any atom is -0.494 e. The van der Waals surface area contributed by atoms with E-state index in [2.05, 4.69) is 14.2 Å². The summed E-state index contributed by atoms with van der Waals surface area (Å²) < 4.78 is 37.0. The lowest BCUT2D eigenvalue weighted by Gasteiger charge is -2.23. The van der Waals surface area contributed by atoms with Gasteiger partial charge in [-0.05, 0) is 74.7 Å². The Balaban J connectivity index is 1.67. The van der Waals surface area contributed by atoms with Gasteiger partial charge in [-0.2, -0.15) is 8.78 Å². The van der Waals surface area contributed by atoms with E-state index < -0.39 is 12.3 Å². The lowest BCUT2D eigenvalue weighted by Crippen LogP contribution is -2.41. The van der Waals surface area contributed by atoms with Crippen molar-refractivity contribution in [2.24, 2.45) is 0 Å². The molecule has 1 atom stereocenters. The molecule has 4 rings (SSSR count). The number of amidine groups is 1. The lowest BCUT2D eigenvalue weighted by molar-refractivity contribution is -0.658. The average molecular weight is 417 g/mol. The van der Waals surface area contributed by atoms with Crippen LogP contribution < -0.4 is 14.4 Å². The molecule has 2 aliphatic heterocycles. The number of benzene rings is 2. The van der Waals surface area contributed by atoms with Crippen molar-refractivity contribution in [2.45, 2.75) is 44.9 Å². The summed E-state index contributed by atoms with van der Waals surface area (Å²) in [7, 11) is 0. The van der Waals surface area contributed by atoms with Crippen LogP contribution in [0.1, 0.15) is 38.2 Å². The second kappa shape index (κ2) is 8.60. The van der Waals surface area contributed by atoms with E-state index in [1.165, 1.54) is 12.1 Å². The van der Waals surface area contributed by atoms with Crippen LogP contribution in [0, 0.1) is 0 Å². The highest BCUT2D eigenvalue weighted by molar-refractivity contribution is 5.96. The maximum absolute atomic E-state index is 12.5. The smallest absolute Gasteiger partial charge is 0.387 e. The quantitative estimate of drug-likeness (QED) is 0.711. The Kier molecular flexibility index (Phi) is 5.90. The van der Waals surface area contributed by atoms with E-state index in [0.29, 0.717) is 18.7 Å². The first-order valence-electron chi connectivity index (χ1n) is 10.4. The molecule has 0 amide bonds. The fraction of sp³-hybridized carbons (Fsp3) is 0.435. The summed E-state index contributed by atoms with van der Waals surface area (Å²) >= 11 is 0. The zero-order valence-corrected chi connectivity index (χ0v) is 17.1. The monoisotopic (exact) mass is 417 g/mol. The molecule has 0 unspecified atom stereocenters. The lowest BCUT2D eigenvalue weighted by atomic mass is 10.0. The molecule has 0 aliphatic carbocycles. The van der Waals surface area contributed by atoms with Crippen molar-refractivity contribution in [2.75, 3.05) is 24.6 Å². The molecular weight excluding hydrogens is 390 g/mol. The van der Waals surface area contributed by atoms with Crippen LogP contribution >= 0.6 is 0 Å². The predicted octanol–water partition coefficient (Wildman–Crippen LogP) is 4.34. The topological polar surface area (TPSA) is 44.9 Å². The van der Waals surface area contributed by atoms with Crippen LogP contribution in [-0.2, 0) is 5.72 Å². The van der Waals surface area contributed by atoms with Crippen molar-refractivity contribution in [1.82, 2.24) is 0 Å². The highest BCUT2D eigenvalue weighted by atomic mass is 19.3. The summed E-state index contributed by atoms with van der Waals surface area (Å²) in [6.45, 7) is 0.802. The van der Waals surface area contributed by atoms with E-state index in [9.17, 15) is 13.9 Å². The van der Waals surface area contributed by atoms with Crippen molar-refractivity contribution in [3.63, 3.8) is 0 Å². The van der Waals surface area contributed by atoms with Gasteiger partial charge in [0.25, 0.3) is 11.6 Å². The Bertz CT molecular complexity index is 900. The summed E-state index contributed by atoms with van der Waals surface area (Å²) in [6, 6.07) is 14.2. The van der Waals surface area contributed by atoms with Crippen molar-refractivity contribution >= 4 is 11.5 Å². The number of rotatable bonds is 6. The van der Waals surface area contributed by atoms with Crippen LogP contribution in [0.3, 0.4) is 0 Å². The molecular formula is C23H27F2N2O3+. The number of ether oxygens (including phenoxy) is 2. The van der Waals surface area contributed by atoms with E-state index in [1.54, 1.807) is 12.1 Å². The third-order valence-corrected chi connectivity index (χ3v) is 5.73. The maximum Gasteiger partial charge on any atom is 0.387 e. The van der Waals surface area contributed by atoms with Crippen LogP contribution in [-0.4, -0.2) is 41.8 Å². The second-order valence-electron chi connectivity index (χ2n) is 7.61. The Hall–Kier alpha value is -2.67. The highest BCUT2D eigenvalue weighted by Crippen LogP contribution is 2.36. The standard InChI is InChI=1S/C23H27F2N2O3/c1-2-29-19-13-9-18(10-14-19)26-16-23(28,27-15-5-3-4-6-21(26)27)17-7-11-20(12-8-17)30-22(24)25/h7-14,22,28H,2-6,15-16H2,1H3/q+1/t23-/m0/s1. The van der Waals surface area contributed by atoms with Crippen LogP contribution in [0.2, 0.25) is 0 Å². The summed E-state index contributed by atoms with van der Waals surface area (Å²) in [5.41, 5.74) is 0.424. The average Bonchev–Trinajstić information content (AvgIpc) is 2.88. The predicted molar refractivity (Wildman–Crippen MR) is 111 cm³/mol. The zero-order chi connectivity index (χ0) is 21.1. The number of nitrogens with zero attached hydrogens (tertiary/aromatic N) is 2. The summed E-state index contributed by atoms with van der Waals surface area (Å²) in [4.78, 5) is 2.16. The number of anilines is 1. The number of halogens is 2. The van der Waals surface area contributed by atoms with E-state index >= 15 is 0 Å². The number of hydrogen-bond acceptors (Lipinski definition) is 4. The normalized spacial score (nSPS) is 21.6. The summed E-state index contributed by atoms with van der Waals surface area (Å²) in [5.74, 6) is 1.99. The molecule has 2 aromatic carbocycles. The van der Waals surface area contributed by atoms with Crippen molar-refractivity contribution in [3.05, 3.63) is 54.1 Å². The van der Waals surface area contributed by atoms with Gasteiger partial charge >= 0.3 is 6.61 Å². The van der Waals surface area contributed by atoms with Gasteiger partial charge in [-0.15, -0.1) is 0 Å². The first kappa shape index (κ1) is 20.6. The Morgan fingerprint density at radius 3 is 2.40 bits per heavy atom. The number of aliphatic hydroxyl groups is 1. The molecule has 0 fully saturated rings. The zero-order valence-electron chi connectivity index (χ0n) is 17.1. The van der Waals surface area contributed by atoms with Crippen molar-refractivity contribution < 1.29 is 27.9 Å². The van der Waals surface area contributed by atoms with Gasteiger partial charge in [-0.25, -0.2) is 9.48 Å². The van der Waals surface area contributed by atoms with Crippen LogP contribution in [0.4, 0.5) is 14.5 Å². The first-order valence-corrected chi connectivity index (χ1v) is 10.4. The Morgan fingerprint density at radius 2 is 1.73 bits per heavy atom. The SMILES string of the molecule is CCOc1ccc(N2C[C@](O)(c3ccc(OC(F)F)cc3)[N+]3=C2CCCCC3)cc1. The summed E-state index contributed by atoms with van der Waals surface area (Å²) in [5, 5.41) is 11.8. The molecule has 1 N–H and O–H groups in total.